The lowest BCUT2D eigenvalue weighted by Gasteiger charge is -2.34. The molecule has 1 saturated heterocycles. The molecular weight excluding hydrogens is 257 g/mol. The molecule has 0 radical (unpaired) electrons. The van der Waals surface area contributed by atoms with Gasteiger partial charge in [0.05, 0.1) is 18.4 Å². The fourth-order valence-corrected chi connectivity index (χ4v) is 3.09. The number of nitrogens with zero attached hydrogens (tertiary/aromatic N) is 2. The standard InChI is InChI=1S/C15H16FN3O/c16-12-3-1-11(2-4-12)13-7-18-14-8-20-15(10-19(13)14)5-6-17-9-15/h1-4,7,17H,5-6,8-10H2/t15-/m0/s1. The van der Waals surface area contributed by atoms with E-state index in [0.29, 0.717) is 6.61 Å². The maximum atomic E-state index is 13.1. The van der Waals surface area contributed by atoms with Crippen molar-refractivity contribution in [2.45, 2.75) is 25.2 Å². The number of aromatic nitrogens is 2. The second kappa shape index (κ2) is 4.40. The van der Waals surface area contributed by atoms with Gasteiger partial charge in [0.1, 0.15) is 23.8 Å². The molecule has 1 fully saturated rings. The topological polar surface area (TPSA) is 39.1 Å². The highest BCUT2D eigenvalue weighted by atomic mass is 19.1. The molecule has 1 N–H and O–H groups in total. The summed E-state index contributed by atoms with van der Waals surface area (Å²) in [6.45, 7) is 3.23. The Labute approximate surface area is 116 Å². The molecule has 1 spiro atoms. The summed E-state index contributed by atoms with van der Waals surface area (Å²) in [5.74, 6) is 0.730. The van der Waals surface area contributed by atoms with Gasteiger partial charge in [-0.05, 0) is 42.8 Å². The molecule has 1 aromatic heterocycles. The zero-order valence-corrected chi connectivity index (χ0v) is 11.1. The SMILES string of the molecule is Fc1ccc(-c2cnc3n2C[C@@]2(CCNC2)OC3)cc1. The first-order chi connectivity index (χ1) is 9.76. The van der Waals surface area contributed by atoms with Crippen LogP contribution in [0.1, 0.15) is 12.2 Å². The van der Waals surface area contributed by atoms with Crippen molar-refractivity contribution in [3.63, 3.8) is 0 Å². The van der Waals surface area contributed by atoms with Crippen LogP contribution in [0.15, 0.2) is 30.5 Å². The van der Waals surface area contributed by atoms with Crippen molar-refractivity contribution in [1.82, 2.24) is 14.9 Å². The first-order valence-corrected chi connectivity index (χ1v) is 6.91. The molecule has 3 heterocycles. The lowest BCUT2D eigenvalue weighted by Crippen LogP contribution is -2.43. The van der Waals surface area contributed by atoms with Crippen molar-refractivity contribution in [3.8, 4) is 11.3 Å². The average Bonchev–Trinajstić information content (AvgIpc) is 3.07. The van der Waals surface area contributed by atoms with Crippen LogP contribution < -0.4 is 5.32 Å². The van der Waals surface area contributed by atoms with Crippen LogP contribution in [0.3, 0.4) is 0 Å². The second-order valence-corrected chi connectivity index (χ2v) is 5.55. The third-order valence-electron chi connectivity index (χ3n) is 4.24. The number of fused-ring (bicyclic) bond motifs is 1. The van der Waals surface area contributed by atoms with E-state index in [9.17, 15) is 4.39 Å². The lowest BCUT2D eigenvalue weighted by atomic mass is 10.0. The molecule has 0 amide bonds. The summed E-state index contributed by atoms with van der Waals surface area (Å²) in [4.78, 5) is 4.43. The van der Waals surface area contributed by atoms with Gasteiger partial charge < -0.3 is 14.6 Å². The Morgan fingerprint density at radius 1 is 1.30 bits per heavy atom. The molecule has 0 unspecified atom stereocenters. The molecule has 0 aliphatic carbocycles. The zero-order valence-electron chi connectivity index (χ0n) is 11.1. The highest BCUT2D eigenvalue weighted by Crippen LogP contribution is 2.32. The third-order valence-corrected chi connectivity index (χ3v) is 4.24. The summed E-state index contributed by atoms with van der Waals surface area (Å²) >= 11 is 0. The van der Waals surface area contributed by atoms with Crippen molar-refractivity contribution in [3.05, 3.63) is 42.1 Å². The normalized spacial score (nSPS) is 25.1. The van der Waals surface area contributed by atoms with Gasteiger partial charge in [0.15, 0.2) is 0 Å². The summed E-state index contributed by atoms with van der Waals surface area (Å²) in [5, 5.41) is 3.36. The molecule has 0 bridgehead atoms. The number of imidazole rings is 1. The molecule has 5 heteroatoms. The van der Waals surface area contributed by atoms with E-state index in [1.165, 1.54) is 12.1 Å². The Morgan fingerprint density at radius 3 is 2.90 bits per heavy atom. The second-order valence-electron chi connectivity index (χ2n) is 5.55. The van der Waals surface area contributed by atoms with Crippen LogP contribution in [0.25, 0.3) is 11.3 Å². The van der Waals surface area contributed by atoms with Gasteiger partial charge in [0.2, 0.25) is 0 Å². The smallest absolute Gasteiger partial charge is 0.135 e. The van der Waals surface area contributed by atoms with Crippen LogP contribution in [0.2, 0.25) is 0 Å². The van der Waals surface area contributed by atoms with Gasteiger partial charge in [-0.1, -0.05) is 0 Å². The number of rotatable bonds is 1. The van der Waals surface area contributed by atoms with E-state index >= 15 is 0 Å². The van der Waals surface area contributed by atoms with Crippen LogP contribution in [0, 0.1) is 5.82 Å². The van der Waals surface area contributed by atoms with E-state index in [0.717, 1.165) is 43.1 Å². The van der Waals surface area contributed by atoms with E-state index in [2.05, 4.69) is 14.9 Å². The van der Waals surface area contributed by atoms with Gasteiger partial charge in [-0.15, -0.1) is 0 Å². The first kappa shape index (κ1) is 12.1. The number of benzene rings is 1. The fourth-order valence-electron chi connectivity index (χ4n) is 3.09. The van der Waals surface area contributed by atoms with Crippen molar-refractivity contribution < 1.29 is 9.13 Å². The summed E-state index contributed by atoms with van der Waals surface area (Å²) in [7, 11) is 0. The zero-order chi connectivity index (χ0) is 13.6. The predicted octanol–water partition coefficient (Wildman–Crippen LogP) is 1.95. The molecule has 2 aliphatic rings. The van der Waals surface area contributed by atoms with Gasteiger partial charge in [0, 0.05) is 6.54 Å². The quantitative estimate of drug-likeness (QED) is 0.863. The largest absolute Gasteiger partial charge is 0.364 e. The number of nitrogens with one attached hydrogen (secondary N) is 1. The van der Waals surface area contributed by atoms with Crippen molar-refractivity contribution in [1.29, 1.82) is 0 Å². The summed E-state index contributed by atoms with van der Waals surface area (Å²) in [5.41, 5.74) is 1.92. The van der Waals surface area contributed by atoms with Gasteiger partial charge in [0.25, 0.3) is 0 Å². The minimum Gasteiger partial charge on any atom is -0.364 e. The minimum atomic E-state index is -0.216. The third kappa shape index (κ3) is 1.85. The highest BCUT2D eigenvalue weighted by molar-refractivity contribution is 5.59. The molecule has 104 valence electrons. The van der Waals surface area contributed by atoms with Gasteiger partial charge in [-0.2, -0.15) is 0 Å². The van der Waals surface area contributed by atoms with Gasteiger partial charge in [-0.3, -0.25) is 0 Å². The Bertz CT molecular complexity index is 629. The Morgan fingerprint density at radius 2 is 2.15 bits per heavy atom. The minimum absolute atomic E-state index is 0.109. The Balaban J connectivity index is 1.73. The molecule has 2 aliphatic heterocycles. The number of ether oxygens (including phenoxy) is 1. The molecule has 4 nitrogen and oxygen atoms in total. The van der Waals surface area contributed by atoms with Crippen LogP contribution in [-0.2, 0) is 17.9 Å². The maximum absolute atomic E-state index is 13.1. The van der Waals surface area contributed by atoms with Crippen molar-refractivity contribution >= 4 is 0 Å². The fraction of sp³-hybridized carbons (Fsp3) is 0.400. The molecule has 20 heavy (non-hydrogen) atoms. The van der Waals surface area contributed by atoms with E-state index < -0.39 is 0 Å². The van der Waals surface area contributed by atoms with Crippen LogP contribution >= 0.6 is 0 Å². The number of hydrogen-bond acceptors (Lipinski definition) is 3. The van der Waals surface area contributed by atoms with E-state index in [-0.39, 0.29) is 11.4 Å². The average molecular weight is 273 g/mol. The van der Waals surface area contributed by atoms with Gasteiger partial charge in [-0.25, -0.2) is 9.37 Å². The molecular formula is C15H16FN3O. The molecule has 0 saturated carbocycles. The summed E-state index contributed by atoms with van der Waals surface area (Å²) < 4.78 is 21.3. The Hall–Kier alpha value is -1.72. The molecule has 2 aromatic rings. The summed E-state index contributed by atoms with van der Waals surface area (Å²) in [6.07, 6.45) is 2.88. The van der Waals surface area contributed by atoms with Crippen LogP contribution in [0.4, 0.5) is 4.39 Å². The number of halogens is 1. The summed E-state index contributed by atoms with van der Waals surface area (Å²) in [6, 6.07) is 6.58. The lowest BCUT2D eigenvalue weighted by molar-refractivity contribution is -0.0759. The van der Waals surface area contributed by atoms with Crippen LogP contribution in [0.5, 0.6) is 0 Å². The monoisotopic (exact) mass is 273 g/mol. The van der Waals surface area contributed by atoms with Crippen LogP contribution in [-0.4, -0.2) is 28.2 Å². The van der Waals surface area contributed by atoms with Gasteiger partial charge >= 0.3 is 0 Å². The first-order valence-electron chi connectivity index (χ1n) is 6.91. The van der Waals surface area contributed by atoms with Crippen molar-refractivity contribution in [2.24, 2.45) is 0 Å². The molecule has 4 rings (SSSR count). The maximum Gasteiger partial charge on any atom is 0.135 e. The molecule has 1 atom stereocenters. The Kier molecular flexibility index (Phi) is 2.65. The number of hydrogen-bond donors (Lipinski definition) is 1. The highest BCUT2D eigenvalue weighted by Gasteiger charge is 2.39. The van der Waals surface area contributed by atoms with E-state index in [1.54, 1.807) is 12.1 Å². The van der Waals surface area contributed by atoms with Crippen molar-refractivity contribution in [2.75, 3.05) is 13.1 Å². The predicted molar refractivity (Wildman–Crippen MR) is 72.6 cm³/mol. The molecule has 1 aromatic carbocycles. The van der Waals surface area contributed by atoms with E-state index in [4.69, 9.17) is 4.74 Å². The van der Waals surface area contributed by atoms with E-state index in [1.807, 2.05) is 6.20 Å².